The van der Waals surface area contributed by atoms with E-state index in [-0.39, 0.29) is 5.91 Å². The highest BCUT2D eigenvalue weighted by Gasteiger charge is 2.24. The van der Waals surface area contributed by atoms with Crippen molar-refractivity contribution in [2.45, 2.75) is 19.4 Å². The number of rotatable bonds is 3. The van der Waals surface area contributed by atoms with Crippen LogP contribution in [0.2, 0.25) is 0 Å². The van der Waals surface area contributed by atoms with Crippen LogP contribution in [0.3, 0.4) is 0 Å². The lowest BCUT2D eigenvalue weighted by atomic mass is 10.0. The first-order chi connectivity index (χ1) is 11.7. The number of aromatic nitrogens is 1. The van der Waals surface area contributed by atoms with Crippen molar-refractivity contribution in [3.63, 3.8) is 0 Å². The van der Waals surface area contributed by atoms with Crippen LogP contribution >= 0.6 is 0 Å². The molecule has 1 N–H and O–H groups in total. The number of nitrogens with zero attached hydrogens (tertiary/aromatic N) is 1. The molecule has 0 saturated heterocycles. The fourth-order valence-corrected chi connectivity index (χ4v) is 3.42. The van der Waals surface area contributed by atoms with Gasteiger partial charge in [-0.25, -0.2) is 0 Å². The third-order valence-corrected chi connectivity index (χ3v) is 4.73. The predicted octanol–water partition coefficient (Wildman–Crippen LogP) is 3.30. The Morgan fingerprint density at radius 2 is 2.04 bits per heavy atom. The molecule has 0 aliphatic carbocycles. The topological polar surface area (TPSA) is 45.3 Å². The minimum Gasteiger partial charge on any atom is -0.497 e. The lowest BCUT2D eigenvalue weighted by Gasteiger charge is -2.27. The number of nitrogens with one attached hydrogen (secondary N) is 1. The number of hydrogen-bond donors (Lipinski definition) is 1. The van der Waals surface area contributed by atoms with Crippen molar-refractivity contribution in [3.05, 3.63) is 65.4 Å². The van der Waals surface area contributed by atoms with Crippen LogP contribution in [-0.2, 0) is 24.2 Å². The summed E-state index contributed by atoms with van der Waals surface area (Å²) in [5.74, 6) is 1.03. The van der Waals surface area contributed by atoms with E-state index < -0.39 is 0 Å². The van der Waals surface area contributed by atoms with Crippen LogP contribution in [0.5, 0.6) is 5.75 Å². The summed E-state index contributed by atoms with van der Waals surface area (Å²) in [6, 6.07) is 16.0. The summed E-state index contributed by atoms with van der Waals surface area (Å²) in [5, 5.41) is 1.15. The summed E-state index contributed by atoms with van der Waals surface area (Å²) >= 11 is 0. The number of H-pyrrole nitrogens is 1. The van der Waals surface area contributed by atoms with E-state index in [0.717, 1.165) is 35.2 Å². The van der Waals surface area contributed by atoms with E-state index in [1.165, 1.54) is 11.3 Å². The van der Waals surface area contributed by atoms with Gasteiger partial charge in [0, 0.05) is 41.7 Å². The van der Waals surface area contributed by atoms with Crippen molar-refractivity contribution < 1.29 is 9.53 Å². The van der Waals surface area contributed by atoms with E-state index in [4.69, 9.17) is 4.74 Å². The number of carbonyl (C=O) groups excluding carboxylic acids is 1. The highest BCUT2D eigenvalue weighted by atomic mass is 16.5. The second kappa shape index (κ2) is 6.04. The van der Waals surface area contributed by atoms with Gasteiger partial charge in [0.25, 0.3) is 0 Å². The molecule has 0 fully saturated rings. The predicted molar refractivity (Wildman–Crippen MR) is 94.1 cm³/mol. The van der Waals surface area contributed by atoms with Gasteiger partial charge in [0.2, 0.25) is 5.91 Å². The lowest BCUT2D eigenvalue weighted by Crippen LogP contribution is -2.36. The standard InChI is InChI=1S/C20H20N2O2/c1-24-15-7-8-18-16(12-15)17-13-22(10-9-19(17)21-18)20(23)11-14-5-3-2-4-6-14/h2-8,12,21H,9-11,13H2,1H3. The Labute approximate surface area is 141 Å². The Kier molecular flexibility index (Phi) is 3.73. The van der Waals surface area contributed by atoms with Crippen LogP contribution < -0.4 is 4.74 Å². The van der Waals surface area contributed by atoms with E-state index in [1.54, 1.807) is 7.11 Å². The summed E-state index contributed by atoms with van der Waals surface area (Å²) in [5.41, 5.74) is 4.63. The molecule has 24 heavy (non-hydrogen) atoms. The maximum absolute atomic E-state index is 12.6. The minimum atomic E-state index is 0.184. The van der Waals surface area contributed by atoms with Gasteiger partial charge in [-0.2, -0.15) is 0 Å². The second-order valence-electron chi connectivity index (χ2n) is 6.22. The fourth-order valence-electron chi connectivity index (χ4n) is 3.42. The van der Waals surface area contributed by atoms with Gasteiger partial charge in [-0.15, -0.1) is 0 Å². The van der Waals surface area contributed by atoms with Crippen molar-refractivity contribution in [2.24, 2.45) is 0 Å². The van der Waals surface area contributed by atoms with E-state index in [9.17, 15) is 4.79 Å². The zero-order chi connectivity index (χ0) is 16.5. The third kappa shape index (κ3) is 2.64. The second-order valence-corrected chi connectivity index (χ2v) is 6.22. The Morgan fingerprint density at radius 3 is 2.83 bits per heavy atom. The maximum Gasteiger partial charge on any atom is 0.227 e. The first-order valence-corrected chi connectivity index (χ1v) is 8.24. The van der Waals surface area contributed by atoms with Crippen molar-refractivity contribution in [2.75, 3.05) is 13.7 Å². The minimum absolute atomic E-state index is 0.184. The molecule has 0 radical (unpaired) electrons. The van der Waals surface area contributed by atoms with Crippen molar-refractivity contribution >= 4 is 16.8 Å². The highest BCUT2D eigenvalue weighted by Crippen LogP contribution is 2.30. The molecule has 1 aliphatic heterocycles. The fraction of sp³-hybridized carbons (Fsp3) is 0.250. The van der Waals surface area contributed by atoms with E-state index >= 15 is 0 Å². The zero-order valence-electron chi connectivity index (χ0n) is 13.7. The lowest BCUT2D eigenvalue weighted by molar-refractivity contribution is -0.131. The molecule has 0 spiro atoms. The van der Waals surface area contributed by atoms with Crippen LogP contribution in [0.25, 0.3) is 10.9 Å². The average Bonchev–Trinajstić information content (AvgIpc) is 2.99. The van der Waals surface area contributed by atoms with Crippen LogP contribution in [0, 0.1) is 0 Å². The Bertz CT molecular complexity index is 883. The van der Waals surface area contributed by atoms with Crippen molar-refractivity contribution in [1.82, 2.24) is 9.88 Å². The molecule has 2 heterocycles. The van der Waals surface area contributed by atoms with Gasteiger partial charge < -0.3 is 14.6 Å². The maximum atomic E-state index is 12.6. The molecule has 122 valence electrons. The average molecular weight is 320 g/mol. The van der Waals surface area contributed by atoms with Crippen molar-refractivity contribution in [3.8, 4) is 5.75 Å². The summed E-state index contributed by atoms with van der Waals surface area (Å²) in [4.78, 5) is 18.1. The summed E-state index contributed by atoms with van der Waals surface area (Å²) in [7, 11) is 1.68. The van der Waals surface area contributed by atoms with Crippen LogP contribution in [0.15, 0.2) is 48.5 Å². The molecule has 3 aromatic rings. The highest BCUT2D eigenvalue weighted by molar-refractivity contribution is 5.87. The number of ether oxygens (including phenoxy) is 1. The smallest absolute Gasteiger partial charge is 0.227 e. The van der Waals surface area contributed by atoms with Gasteiger partial charge in [0.05, 0.1) is 13.5 Å². The molecule has 1 amide bonds. The number of carbonyl (C=O) groups is 1. The molecular formula is C20H20N2O2. The van der Waals surface area contributed by atoms with Gasteiger partial charge in [-0.05, 0) is 23.8 Å². The first-order valence-electron chi connectivity index (χ1n) is 8.24. The van der Waals surface area contributed by atoms with Crippen LogP contribution in [0.4, 0.5) is 0 Å². The van der Waals surface area contributed by atoms with E-state index in [0.29, 0.717) is 13.0 Å². The summed E-state index contributed by atoms with van der Waals surface area (Å²) < 4.78 is 5.34. The van der Waals surface area contributed by atoms with Crippen LogP contribution in [0.1, 0.15) is 16.8 Å². The number of benzene rings is 2. The van der Waals surface area contributed by atoms with Gasteiger partial charge in [-0.1, -0.05) is 30.3 Å². The van der Waals surface area contributed by atoms with E-state index in [2.05, 4.69) is 11.1 Å². The zero-order valence-corrected chi connectivity index (χ0v) is 13.7. The number of aromatic amines is 1. The molecule has 0 unspecified atom stereocenters. The molecule has 1 aliphatic rings. The number of amides is 1. The molecule has 4 heteroatoms. The van der Waals surface area contributed by atoms with Crippen molar-refractivity contribution in [1.29, 1.82) is 0 Å². The Morgan fingerprint density at radius 1 is 1.21 bits per heavy atom. The number of methoxy groups -OCH3 is 1. The molecule has 0 saturated carbocycles. The SMILES string of the molecule is COc1ccc2[nH]c3c(c2c1)CN(C(=O)Cc1ccccc1)CC3. The number of fused-ring (bicyclic) bond motifs is 3. The number of hydrogen-bond acceptors (Lipinski definition) is 2. The summed E-state index contributed by atoms with van der Waals surface area (Å²) in [6.07, 6.45) is 1.33. The largest absolute Gasteiger partial charge is 0.497 e. The van der Waals surface area contributed by atoms with Gasteiger partial charge in [-0.3, -0.25) is 4.79 Å². The van der Waals surface area contributed by atoms with Gasteiger partial charge in [0.15, 0.2) is 0 Å². The first kappa shape index (κ1) is 14.8. The molecule has 0 atom stereocenters. The summed E-state index contributed by atoms with van der Waals surface area (Å²) in [6.45, 7) is 1.43. The normalized spacial score (nSPS) is 13.8. The molecule has 4 nitrogen and oxygen atoms in total. The Hall–Kier alpha value is -2.75. The van der Waals surface area contributed by atoms with Crippen LogP contribution in [-0.4, -0.2) is 29.4 Å². The molecule has 4 rings (SSSR count). The molecule has 0 bridgehead atoms. The van der Waals surface area contributed by atoms with Gasteiger partial charge >= 0.3 is 0 Å². The molecular weight excluding hydrogens is 300 g/mol. The quantitative estimate of drug-likeness (QED) is 0.805. The molecule has 1 aromatic heterocycles. The molecule has 2 aromatic carbocycles. The van der Waals surface area contributed by atoms with E-state index in [1.807, 2.05) is 47.4 Å². The Balaban J connectivity index is 1.59. The van der Waals surface area contributed by atoms with Gasteiger partial charge in [0.1, 0.15) is 5.75 Å². The third-order valence-electron chi connectivity index (χ3n) is 4.73. The monoisotopic (exact) mass is 320 g/mol.